The minimum absolute atomic E-state index is 0.0949. The normalized spacial score (nSPS) is 20.8. The highest BCUT2D eigenvalue weighted by Crippen LogP contribution is 2.53. The number of amides is 2. The van der Waals surface area contributed by atoms with Crippen LogP contribution in [0.2, 0.25) is 0 Å². The van der Waals surface area contributed by atoms with Gasteiger partial charge in [-0.1, -0.05) is 43.6 Å². The van der Waals surface area contributed by atoms with E-state index in [1.54, 1.807) is 13.8 Å². The fraction of sp³-hybridized carbons (Fsp3) is 0.472. The summed E-state index contributed by atoms with van der Waals surface area (Å²) in [5.74, 6) is 1.83. The van der Waals surface area contributed by atoms with Crippen molar-refractivity contribution in [1.29, 1.82) is 0 Å². The van der Waals surface area contributed by atoms with Gasteiger partial charge in [-0.25, -0.2) is 9.78 Å². The summed E-state index contributed by atoms with van der Waals surface area (Å²) < 4.78 is 17.2. The zero-order valence-electron chi connectivity index (χ0n) is 28.1. The van der Waals surface area contributed by atoms with E-state index < -0.39 is 23.3 Å². The van der Waals surface area contributed by atoms with Crippen LogP contribution < -0.4 is 15.5 Å². The van der Waals surface area contributed by atoms with Crippen molar-refractivity contribution in [3.63, 3.8) is 0 Å². The van der Waals surface area contributed by atoms with Gasteiger partial charge < -0.3 is 34.4 Å². The molecule has 2 fully saturated rings. The Bertz CT molecular complexity index is 1900. The van der Waals surface area contributed by atoms with E-state index in [2.05, 4.69) is 46.7 Å². The number of imidazole rings is 1. The Morgan fingerprint density at radius 1 is 1.11 bits per heavy atom. The Morgan fingerprint density at radius 3 is 2.62 bits per heavy atom. The molecule has 1 saturated carbocycles. The fourth-order valence-corrected chi connectivity index (χ4v) is 6.93. The van der Waals surface area contributed by atoms with Crippen LogP contribution in [0.15, 0.2) is 42.5 Å². The van der Waals surface area contributed by atoms with Crippen LogP contribution in [0.5, 0.6) is 5.75 Å². The first kappa shape index (κ1) is 31.5. The molecule has 1 saturated heterocycles. The first-order valence-electron chi connectivity index (χ1n) is 16.5. The van der Waals surface area contributed by atoms with Gasteiger partial charge in [0.1, 0.15) is 24.2 Å². The molecule has 0 bridgehead atoms. The number of piperidine rings is 1. The summed E-state index contributed by atoms with van der Waals surface area (Å²) in [7, 11) is 1.70. The molecule has 1 aliphatic carbocycles. The summed E-state index contributed by atoms with van der Waals surface area (Å²) >= 11 is 0. The molecule has 10 nitrogen and oxygen atoms in total. The molecule has 3 aliphatic rings. The van der Waals surface area contributed by atoms with Crippen molar-refractivity contribution in [2.75, 3.05) is 7.11 Å². The molecule has 3 N–H and O–H groups in total. The highest BCUT2D eigenvalue weighted by molar-refractivity contribution is 6.47. The van der Waals surface area contributed by atoms with Crippen molar-refractivity contribution in [2.24, 2.45) is 11.8 Å². The van der Waals surface area contributed by atoms with E-state index in [0.717, 1.165) is 68.4 Å². The van der Waals surface area contributed by atoms with Crippen LogP contribution in [0.25, 0.3) is 32.9 Å². The molecule has 1 aromatic heterocycles. The number of fused-ring (bicyclic) bond motifs is 7. The first-order chi connectivity index (χ1) is 22.3. The Hall–Kier alpha value is -4.09. The van der Waals surface area contributed by atoms with Crippen LogP contribution >= 0.6 is 0 Å². The molecule has 246 valence electrons. The lowest BCUT2D eigenvalue weighted by Gasteiger charge is -2.37. The number of rotatable bonds is 8. The second kappa shape index (κ2) is 11.3. The third-order valence-electron chi connectivity index (χ3n) is 10.6. The lowest BCUT2D eigenvalue weighted by atomic mass is 9.80. The molecule has 1 unspecified atom stereocenters. The van der Waals surface area contributed by atoms with E-state index in [9.17, 15) is 14.7 Å². The van der Waals surface area contributed by atoms with Crippen molar-refractivity contribution < 1.29 is 28.8 Å². The number of nitrogens with one attached hydrogen (secondary N) is 2. The van der Waals surface area contributed by atoms with Crippen molar-refractivity contribution in [3.05, 3.63) is 53.9 Å². The Morgan fingerprint density at radius 2 is 1.89 bits per heavy atom. The molecular weight excluding hydrogens is 595 g/mol. The lowest BCUT2D eigenvalue weighted by molar-refractivity contribution is -0.136. The van der Waals surface area contributed by atoms with E-state index in [4.69, 9.17) is 19.1 Å². The van der Waals surface area contributed by atoms with Crippen LogP contribution in [-0.2, 0) is 20.8 Å². The van der Waals surface area contributed by atoms with Crippen molar-refractivity contribution in [2.45, 2.75) is 90.3 Å². The van der Waals surface area contributed by atoms with Gasteiger partial charge in [-0.3, -0.25) is 4.79 Å². The molecule has 3 heterocycles. The molecule has 7 rings (SSSR count). The molecule has 3 aromatic carbocycles. The predicted octanol–water partition coefficient (Wildman–Crippen LogP) is 4.86. The summed E-state index contributed by atoms with van der Waals surface area (Å²) in [4.78, 5) is 36.5. The molecule has 11 heteroatoms. The molecule has 47 heavy (non-hydrogen) atoms. The maximum absolute atomic E-state index is 13.9. The standard InChI is InChI=1S/C36H43BN4O6/c1-18(2)30(40-34(43)45-7)33(42)41-27-14-20(27)15-28(41)32-38-26-11-8-19-13-25-23-10-9-22(37-47-36(5,6)35(3,4)44)12-21(23)17-46-29(25)16-24(19)31(26)39-32/h8-13,16,18,20,27-28,30,37,44H,14-15,17H2,1-7H3,(H,38,39)(H,40,43)/t20-,27-,28?,30+/m1/s1. The number of aromatic amines is 1. The third kappa shape index (κ3) is 5.53. The number of methoxy groups -OCH3 is 1. The van der Waals surface area contributed by atoms with E-state index in [1.165, 1.54) is 7.11 Å². The molecule has 4 atom stereocenters. The van der Waals surface area contributed by atoms with Crippen LogP contribution in [0.1, 0.15) is 71.8 Å². The van der Waals surface area contributed by atoms with Gasteiger partial charge >= 0.3 is 13.6 Å². The smallest absolute Gasteiger partial charge is 0.407 e. The van der Waals surface area contributed by atoms with Gasteiger partial charge in [0, 0.05) is 17.0 Å². The van der Waals surface area contributed by atoms with Crippen LogP contribution in [0.4, 0.5) is 4.79 Å². The highest BCUT2D eigenvalue weighted by atomic mass is 16.5. The summed E-state index contributed by atoms with van der Waals surface area (Å²) in [6.07, 6.45) is 1.21. The molecule has 4 aromatic rings. The number of hydrogen-bond acceptors (Lipinski definition) is 7. The number of ether oxygens (including phenoxy) is 2. The van der Waals surface area contributed by atoms with E-state index >= 15 is 0 Å². The first-order valence-corrected chi connectivity index (χ1v) is 16.5. The quantitative estimate of drug-likeness (QED) is 0.236. The van der Waals surface area contributed by atoms with Gasteiger partial charge in [0.15, 0.2) is 0 Å². The topological polar surface area (TPSA) is 126 Å². The van der Waals surface area contributed by atoms with Crippen LogP contribution in [-0.4, -0.2) is 69.9 Å². The number of aromatic nitrogens is 2. The minimum atomic E-state index is -0.973. The van der Waals surface area contributed by atoms with E-state index in [-0.39, 0.29) is 23.9 Å². The number of alkyl carbamates (subject to hydrolysis) is 1. The third-order valence-corrected chi connectivity index (χ3v) is 10.6. The summed E-state index contributed by atoms with van der Waals surface area (Å²) in [6, 6.07) is 14.0. The van der Waals surface area contributed by atoms with Crippen LogP contribution in [0.3, 0.4) is 0 Å². The Kier molecular flexibility index (Phi) is 7.55. The van der Waals surface area contributed by atoms with Gasteiger partial charge in [-0.15, -0.1) is 0 Å². The predicted molar refractivity (Wildman–Crippen MR) is 182 cm³/mol. The average Bonchev–Trinajstić information content (AvgIpc) is 3.47. The van der Waals surface area contributed by atoms with E-state index in [0.29, 0.717) is 20.0 Å². The largest absolute Gasteiger partial charge is 0.488 e. The number of benzene rings is 3. The number of carbonyl (C=O) groups excluding carboxylic acids is 2. The van der Waals surface area contributed by atoms with Gasteiger partial charge in [0.25, 0.3) is 0 Å². The molecule has 0 spiro atoms. The van der Waals surface area contributed by atoms with Gasteiger partial charge in [-0.2, -0.15) is 0 Å². The molecule has 2 aliphatic heterocycles. The zero-order chi connectivity index (χ0) is 33.4. The fourth-order valence-electron chi connectivity index (χ4n) is 6.93. The van der Waals surface area contributed by atoms with Gasteiger partial charge in [0.05, 0.1) is 35.4 Å². The van der Waals surface area contributed by atoms with Gasteiger partial charge in [-0.05, 0) is 87.1 Å². The lowest BCUT2D eigenvalue weighted by Crippen LogP contribution is -2.52. The maximum atomic E-state index is 13.9. The van der Waals surface area contributed by atoms with Crippen molar-refractivity contribution in [3.8, 4) is 16.9 Å². The van der Waals surface area contributed by atoms with E-state index in [1.807, 2.05) is 38.7 Å². The SMILES string of the molecule is COC(=O)N[C@H](C(=O)N1C(c2nc3ccc4cc5c(cc4c3[nH]2)OCc2cc(BOC(C)(C)C(C)(C)O)ccc2-5)C[C@H]2C[C@H]21)C(C)C. The molecule has 2 amide bonds. The summed E-state index contributed by atoms with van der Waals surface area (Å²) in [5.41, 5.74) is 4.36. The highest BCUT2D eigenvalue weighted by Gasteiger charge is 2.56. The Balaban J connectivity index is 1.18. The monoisotopic (exact) mass is 638 g/mol. The number of hydrogen-bond donors (Lipinski definition) is 3. The van der Waals surface area contributed by atoms with Crippen molar-refractivity contribution in [1.82, 2.24) is 20.2 Å². The number of aliphatic hydroxyl groups is 1. The number of H-pyrrole nitrogens is 1. The summed E-state index contributed by atoms with van der Waals surface area (Å²) in [5, 5.41) is 15.3. The zero-order valence-corrected chi connectivity index (χ0v) is 28.1. The number of nitrogens with zero attached hydrogens (tertiary/aromatic N) is 2. The average molecular weight is 639 g/mol. The number of likely N-dealkylation sites (tertiary alicyclic amines) is 1. The second-order valence-corrected chi connectivity index (χ2v) is 14.7. The Labute approximate surface area is 275 Å². The van der Waals surface area contributed by atoms with Crippen molar-refractivity contribution >= 4 is 46.8 Å². The minimum Gasteiger partial charge on any atom is -0.488 e. The molecule has 0 radical (unpaired) electrons. The van der Waals surface area contributed by atoms with Crippen LogP contribution in [0, 0.1) is 11.8 Å². The summed E-state index contributed by atoms with van der Waals surface area (Å²) in [6.45, 7) is 11.6. The molecular formula is C36H43BN4O6. The maximum Gasteiger partial charge on any atom is 0.407 e. The number of carbonyl (C=O) groups is 2. The second-order valence-electron chi connectivity index (χ2n) is 14.7. The van der Waals surface area contributed by atoms with Gasteiger partial charge in [0.2, 0.25) is 5.91 Å².